The molecule has 1 aromatic carbocycles. The van der Waals surface area contributed by atoms with Crippen LogP contribution < -0.4 is 4.90 Å². The van der Waals surface area contributed by atoms with Gasteiger partial charge in [-0.2, -0.15) is 0 Å². The maximum atomic E-state index is 9.50. The number of aliphatic hydroxyl groups is 2. The van der Waals surface area contributed by atoms with Crippen LogP contribution in [-0.2, 0) is 0 Å². The van der Waals surface area contributed by atoms with Crippen molar-refractivity contribution in [2.24, 2.45) is 0 Å². The summed E-state index contributed by atoms with van der Waals surface area (Å²) >= 11 is 3.52. The SMILES string of the molecule is Cc1ccc(N(CC(C)O)CC(C)O)c(Br)c1. The summed E-state index contributed by atoms with van der Waals surface area (Å²) < 4.78 is 0.985. The minimum atomic E-state index is -0.429. The Morgan fingerprint density at radius 3 is 2.12 bits per heavy atom. The van der Waals surface area contributed by atoms with Gasteiger partial charge in [0.1, 0.15) is 0 Å². The highest BCUT2D eigenvalue weighted by Gasteiger charge is 2.14. The summed E-state index contributed by atoms with van der Waals surface area (Å²) in [5.74, 6) is 0. The number of anilines is 1. The second-order valence-corrected chi connectivity index (χ2v) is 5.41. The van der Waals surface area contributed by atoms with Crippen LogP contribution in [0.25, 0.3) is 0 Å². The van der Waals surface area contributed by atoms with Crippen LogP contribution in [0.5, 0.6) is 0 Å². The average Bonchev–Trinajstić information content (AvgIpc) is 2.14. The molecule has 0 aliphatic rings. The second kappa shape index (κ2) is 6.38. The minimum absolute atomic E-state index is 0.429. The van der Waals surface area contributed by atoms with E-state index in [1.54, 1.807) is 13.8 Å². The lowest BCUT2D eigenvalue weighted by molar-refractivity contribution is 0.178. The minimum Gasteiger partial charge on any atom is -0.392 e. The fourth-order valence-corrected chi connectivity index (χ4v) is 2.52. The summed E-state index contributed by atoms with van der Waals surface area (Å²) in [5.41, 5.74) is 2.17. The molecule has 0 heterocycles. The number of nitrogens with zero attached hydrogens (tertiary/aromatic N) is 1. The van der Waals surface area contributed by atoms with Crippen LogP contribution in [0.15, 0.2) is 22.7 Å². The Bertz CT molecular complexity index is 356. The van der Waals surface area contributed by atoms with E-state index in [0.29, 0.717) is 13.1 Å². The molecule has 0 aromatic heterocycles. The first-order valence-corrected chi connectivity index (χ1v) is 6.56. The van der Waals surface area contributed by atoms with Crippen molar-refractivity contribution in [1.82, 2.24) is 0 Å². The summed E-state index contributed by atoms with van der Waals surface area (Å²) in [5, 5.41) is 19.0. The Morgan fingerprint density at radius 1 is 1.18 bits per heavy atom. The van der Waals surface area contributed by atoms with E-state index in [9.17, 15) is 10.2 Å². The summed E-state index contributed by atoms with van der Waals surface area (Å²) in [4.78, 5) is 1.98. The van der Waals surface area contributed by atoms with E-state index in [4.69, 9.17) is 0 Å². The van der Waals surface area contributed by atoms with Gasteiger partial charge in [-0.15, -0.1) is 0 Å². The molecule has 4 heteroatoms. The first-order chi connectivity index (χ1) is 7.90. The zero-order chi connectivity index (χ0) is 13.0. The average molecular weight is 302 g/mol. The van der Waals surface area contributed by atoms with Crippen LogP contribution in [0.4, 0.5) is 5.69 Å². The van der Waals surface area contributed by atoms with E-state index in [-0.39, 0.29) is 0 Å². The highest BCUT2D eigenvalue weighted by atomic mass is 79.9. The zero-order valence-corrected chi connectivity index (χ0v) is 12.1. The third kappa shape index (κ3) is 4.66. The van der Waals surface area contributed by atoms with Gasteiger partial charge in [0.2, 0.25) is 0 Å². The second-order valence-electron chi connectivity index (χ2n) is 4.56. The van der Waals surface area contributed by atoms with Gasteiger partial charge in [0.25, 0.3) is 0 Å². The molecule has 2 atom stereocenters. The summed E-state index contributed by atoms with van der Waals surface area (Å²) in [7, 11) is 0. The first kappa shape index (κ1) is 14.5. The van der Waals surface area contributed by atoms with E-state index >= 15 is 0 Å². The van der Waals surface area contributed by atoms with Crippen molar-refractivity contribution < 1.29 is 10.2 Å². The van der Waals surface area contributed by atoms with Crippen LogP contribution >= 0.6 is 15.9 Å². The predicted octanol–water partition coefficient (Wildman–Crippen LogP) is 2.33. The van der Waals surface area contributed by atoms with Crippen molar-refractivity contribution >= 4 is 21.6 Å². The molecule has 0 saturated carbocycles. The number of hydrogen-bond donors (Lipinski definition) is 2. The smallest absolute Gasteiger partial charge is 0.0687 e. The van der Waals surface area contributed by atoms with Gasteiger partial charge in [-0.3, -0.25) is 0 Å². The van der Waals surface area contributed by atoms with Gasteiger partial charge in [-0.25, -0.2) is 0 Å². The van der Waals surface area contributed by atoms with Crippen molar-refractivity contribution in [3.8, 4) is 0 Å². The fraction of sp³-hybridized carbons (Fsp3) is 0.538. The van der Waals surface area contributed by atoms with Crippen LogP contribution in [0.1, 0.15) is 19.4 Å². The van der Waals surface area contributed by atoms with Gasteiger partial charge < -0.3 is 15.1 Å². The maximum absolute atomic E-state index is 9.50. The molecule has 0 fully saturated rings. The predicted molar refractivity (Wildman–Crippen MR) is 74.5 cm³/mol. The lowest BCUT2D eigenvalue weighted by atomic mass is 10.2. The van der Waals surface area contributed by atoms with Crippen LogP contribution in [0.3, 0.4) is 0 Å². The van der Waals surface area contributed by atoms with Gasteiger partial charge in [0, 0.05) is 17.6 Å². The number of aliphatic hydroxyl groups excluding tert-OH is 2. The molecule has 0 bridgehead atoms. The molecule has 3 nitrogen and oxygen atoms in total. The highest BCUT2D eigenvalue weighted by molar-refractivity contribution is 9.10. The van der Waals surface area contributed by atoms with Gasteiger partial charge in [0.15, 0.2) is 0 Å². The quantitative estimate of drug-likeness (QED) is 0.877. The molecule has 17 heavy (non-hydrogen) atoms. The molecular formula is C13H20BrNO2. The molecule has 0 radical (unpaired) electrons. The number of aryl methyl sites for hydroxylation is 1. The Labute approximate surface area is 111 Å². The molecule has 1 aromatic rings. The molecule has 1 rings (SSSR count). The third-order valence-corrected chi connectivity index (χ3v) is 3.05. The standard InChI is InChI=1S/C13H20BrNO2/c1-9-4-5-13(12(14)6-9)15(7-10(2)16)8-11(3)17/h4-6,10-11,16-17H,7-8H2,1-3H3. The number of hydrogen-bond acceptors (Lipinski definition) is 3. The van der Waals surface area contributed by atoms with Crippen LogP contribution in [0.2, 0.25) is 0 Å². The molecule has 0 aliphatic carbocycles. The van der Waals surface area contributed by atoms with E-state index in [0.717, 1.165) is 10.2 Å². The van der Waals surface area contributed by atoms with E-state index in [1.165, 1.54) is 5.56 Å². The molecule has 2 N–H and O–H groups in total. The Balaban J connectivity index is 2.95. The molecule has 0 aliphatic heterocycles. The fourth-order valence-electron chi connectivity index (χ4n) is 1.78. The summed E-state index contributed by atoms with van der Waals surface area (Å²) in [6.45, 7) is 6.54. The Kier molecular flexibility index (Phi) is 5.43. The maximum Gasteiger partial charge on any atom is 0.0687 e. The summed E-state index contributed by atoms with van der Waals surface area (Å²) in [6, 6.07) is 6.06. The van der Waals surface area contributed by atoms with Gasteiger partial charge in [0.05, 0.1) is 17.9 Å². The largest absolute Gasteiger partial charge is 0.392 e. The first-order valence-electron chi connectivity index (χ1n) is 5.77. The van der Waals surface area contributed by atoms with E-state index in [2.05, 4.69) is 15.9 Å². The Hall–Kier alpha value is -0.580. The zero-order valence-electron chi connectivity index (χ0n) is 10.5. The monoisotopic (exact) mass is 301 g/mol. The van der Waals surface area contributed by atoms with Gasteiger partial charge in [-0.1, -0.05) is 6.07 Å². The summed E-state index contributed by atoms with van der Waals surface area (Å²) in [6.07, 6.45) is -0.857. The van der Waals surface area contributed by atoms with Crippen molar-refractivity contribution in [1.29, 1.82) is 0 Å². The molecular weight excluding hydrogens is 282 g/mol. The number of rotatable bonds is 5. The molecule has 2 unspecified atom stereocenters. The number of benzene rings is 1. The topological polar surface area (TPSA) is 43.7 Å². The lowest BCUT2D eigenvalue weighted by Crippen LogP contribution is -2.36. The van der Waals surface area contributed by atoms with Crippen molar-refractivity contribution in [3.63, 3.8) is 0 Å². The van der Waals surface area contributed by atoms with Crippen LogP contribution in [-0.4, -0.2) is 35.5 Å². The molecule has 96 valence electrons. The van der Waals surface area contributed by atoms with Crippen molar-refractivity contribution in [2.75, 3.05) is 18.0 Å². The van der Waals surface area contributed by atoms with Crippen molar-refractivity contribution in [2.45, 2.75) is 33.0 Å². The third-order valence-electron chi connectivity index (χ3n) is 2.41. The van der Waals surface area contributed by atoms with Crippen molar-refractivity contribution in [3.05, 3.63) is 28.2 Å². The normalized spacial score (nSPS) is 14.5. The van der Waals surface area contributed by atoms with E-state index in [1.807, 2.05) is 30.0 Å². The molecule has 0 amide bonds. The van der Waals surface area contributed by atoms with Crippen LogP contribution in [0, 0.1) is 6.92 Å². The highest BCUT2D eigenvalue weighted by Crippen LogP contribution is 2.27. The van der Waals surface area contributed by atoms with Gasteiger partial charge >= 0.3 is 0 Å². The lowest BCUT2D eigenvalue weighted by Gasteiger charge is -2.28. The van der Waals surface area contributed by atoms with Gasteiger partial charge in [-0.05, 0) is 54.4 Å². The number of halogens is 1. The Morgan fingerprint density at radius 2 is 1.71 bits per heavy atom. The molecule has 0 saturated heterocycles. The van der Waals surface area contributed by atoms with E-state index < -0.39 is 12.2 Å². The molecule has 0 spiro atoms.